The summed E-state index contributed by atoms with van der Waals surface area (Å²) in [4.78, 5) is 19.4. The topological polar surface area (TPSA) is 116 Å². The van der Waals surface area contributed by atoms with Gasteiger partial charge in [-0.2, -0.15) is 8.78 Å². The number of pyridine rings is 1. The number of amides is 1. The van der Waals surface area contributed by atoms with E-state index in [1.54, 1.807) is 19.9 Å². The van der Waals surface area contributed by atoms with Crippen LogP contribution in [0.1, 0.15) is 35.5 Å². The van der Waals surface area contributed by atoms with Crippen LogP contribution in [0.2, 0.25) is 0 Å². The van der Waals surface area contributed by atoms with Crippen molar-refractivity contribution in [3.05, 3.63) is 77.9 Å². The van der Waals surface area contributed by atoms with E-state index in [0.717, 1.165) is 6.07 Å². The first kappa shape index (κ1) is 23.5. The Morgan fingerprint density at radius 2 is 2.00 bits per heavy atom. The van der Waals surface area contributed by atoms with Gasteiger partial charge in [-0.1, -0.05) is 18.7 Å². The van der Waals surface area contributed by atoms with Crippen LogP contribution in [0.5, 0.6) is 5.88 Å². The Morgan fingerprint density at radius 1 is 1.29 bits per heavy atom. The zero-order chi connectivity index (χ0) is 23.2. The number of guanidine groups is 1. The lowest BCUT2D eigenvalue weighted by atomic mass is 10.00. The van der Waals surface area contributed by atoms with E-state index in [1.807, 2.05) is 0 Å². The summed E-state index contributed by atoms with van der Waals surface area (Å²) in [6.07, 6.45) is 2.61. The van der Waals surface area contributed by atoms with E-state index in [9.17, 15) is 18.0 Å². The van der Waals surface area contributed by atoms with E-state index in [4.69, 9.17) is 11.5 Å². The Balaban J connectivity index is 2.27. The fourth-order valence-electron chi connectivity index (χ4n) is 2.61. The minimum absolute atomic E-state index is 0.0576. The Kier molecular flexibility index (Phi) is 7.41. The number of nitrogens with zero attached hydrogens (tertiary/aromatic N) is 2. The lowest BCUT2D eigenvalue weighted by Gasteiger charge is -2.26. The van der Waals surface area contributed by atoms with E-state index in [0.29, 0.717) is 5.69 Å². The highest BCUT2D eigenvalue weighted by atomic mass is 19.3. The van der Waals surface area contributed by atoms with Gasteiger partial charge in [-0.15, -0.1) is 0 Å². The van der Waals surface area contributed by atoms with Crippen molar-refractivity contribution < 1.29 is 22.7 Å². The minimum Gasteiger partial charge on any atom is -0.417 e. The SMILES string of the molecule is C=C/C(=C\N=C(/N)NC(C)(C)c1cccc(OC(F)F)n1)c1cc(C(N)=O)ccc1F. The number of ether oxygens (including phenoxy) is 1. The zero-order valence-electron chi connectivity index (χ0n) is 16.9. The van der Waals surface area contributed by atoms with Gasteiger partial charge in [0.25, 0.3) is 0 Å². The Morgan fingerprint density at radius 3 is 2.61 bits per heavy atom. The fourth-order valence-corrected chi connectivity index (χ4v) is 2.61. The second-order valence-electron chi connectivity index (χ2n) is 6.85. The summed E-state index contributed by atoms with van der Waals surface area (Å²) in [7, 11) is 0. The number of rotatable bonds is 8. The van der Waals surface area contributed by atoms with Gasteiger partial charge in [-0.05, 0) is 38.1 Å². The normalized spacial score (nSPS) is 12.6. The molecular formula is C21H22F3N5O2. The second-order valence-corrected chi connectivity index (χ2v) is 6.85. The Labute approximate surface area is 177 Å². The molecule has 164 valence electrons. The number of benzene rings is 1. The molecule has 1 aromatic carbocycles. The molecule has 0 spiro atoms. The minimum atomic E-state index is -3.00. The predicted molar refractivity (Wildman–Crippen MR) is 112 cm³/mol. The average molecular weight is 433 g/mol. The molecule has 0 saturated carbocycles. The van der Waals surface area contributed by atoms with Gasteiger partial charge in [-0.25, -0.2) is 14.4 Å². The number of aromatic nitrogens is 1. The zero-order valence-corrected chi connectivity index (χ0v) is 16.9. The van der Waals surface area contributed by atoms with Gasteiger partial charge >= 0.3 is 6.61 Å². The van der Waals surface area contributed by atoms with E-state index < -0.39 is 23.9 Å². The van der Waals surface area contributed by atoms with Crippen LogP contribution in [-0.2, 0) is 5.54 Å². The molecule has 2 aromatic rings. The summed E-state index contributed by atoms with van der Waals surface area (Å²) in [5.74, 6) is -1.60. The van der Waals surface area contributed by atoms with Gasteiger partial charge < -0.3 is 21.5 Å². The fraction of sp³-hybridized carbons (Fsp3) is 0.190. The highest BCUT2D eigenvalue weighted by Crippen LogP contribution is 2.22. The van der Waals surface area contributed by atoms with Gasteiger partial charge in [-0.3, -0.25) is 4.79 Å². The van der Waals surface area contributed by atoms with Crippen LogP contribution in [0, 0.1) is 5.82 Å². The number of hydrogen-bond acceptors (Lipinski definition) is 4. The third-order valence-electron chi connectivity index (χ3n) is 4.14. The summed E-state index contributed by atoms with van der Waals surface area (Å²) in [6.45, 7) is 4.03. The average Bonchev–Trinajstić information content (AvgIpc) is 2.68. The summed E-state index contributed by atoms with van der Waals surface area (Å²) in [5.41, 5.74) is 11.1. The van der Waals surface area contributed by atoms with Crippen LogP contribution in [0.25, 0.3) is 5.57 Å². The van der Waals surface area contributed by atoms with Gasteiger partial charge in [0.05, 0.1) is 11.2 Å². The third-order valence-corrected chi connectivity index (χ3v) is 4.14. The smallest absolute Gasteiger partial charge is 0.388 e. The molecule has 31 heavy (non-hydrogen) atoms. The first-order valence-corrected chi connectivity index (χ1v) is 8.99. The van der Waals surface area contributed by atoms with Gasteiger partial charge in [0, 0.05) is 29.0 Å². The highest BCUT2D eigenvalue weighted by Gasteiger charge is 2.23. The maximum Gasteiger partial charge on any atom is 0.388 e. The number of aliphatic imine (C=N–C) groups is 1. The number of hydrogen-bond donors (Lipinski definition) is 3. The monoisotopic (exact) mass is 433 g/mol. The number of nitrogens with two attached hydrogens (primary N) is 2. The lowest BCUT2D eigenvalue weighted by molar-refractivity contribution is -0.0530. The van der Waals surface area contributed by atoms with Gasteiger partial charge in [0.15, 0.2) is 5.96 Å². The number of halogens is 3. The summed E-state index contributed by atoms with van der Waals surface area (Å²) in [5, 5.41) is 2.90. The summed E-state index contributed by atoms with van der Waals surface area (Å²) >= 11 is 0. The standard InChI is InChI=1S/C21H22F3N5O2/c1-4-12(14-10-13(18(25)30)8-9-15(14)22)11-27-20(26)29-21(2,3)16-6-5-7-17(28-16)31-19(23)24/h4-11,19H,1H2,2-3H3,(H2,25,30)(H3,26,27,29)/b12-11+. The number of primary amides is 1. The highest BCUT2D eigenvalue weighted by molar-refractivity contribution is 5.94. The number of alkyl halides is 2. The molecule has 0 aliphatic carbocycles. The molecule has 0 aliphatic rings. The van der Waals surface area contributed by atoms with Crippen LogP contribution in [-0.4, -0.2) is 23.5 Å². The van der Waals surface area contributed by atoms with Crippen LogP contribution in [0.4, 0.5) is 13.2 Å². The van der Waals surface area contributed by atoms with Gasteiger partial charge in [0.2, 0.25) is 11.8 Å². The summed E-state index contributed by atoms with van der Waals surface area (Å²) in [6, 6.07) is 8.09. The molecule has 0 saturated heterocycles. The predicted octanol–water partition coefficient (Wildman–Crippen LogP) is 3.29. The van der Waals surface area contributed by atoms with E-state index in [2.05, 4.69) is 26.6 Å². The first-order chi connectivity index (χ1) is 14.5. The van der Waals surface area contributed by atoms with Crippen molar-refractivity contribution in [2.24, 2.45) is 16.5 Å². The molecule has 1 aromatic heterocycles. The van der Waals surface area contributed by atoms with Crippen LogP contribution >= 0.6 is 0 Å². The summed E-state index contributed by atoms with van der Waals surface area (Å²) < 4.78 is 43.4. The van der Waals surface area contributed by atoms with E-state index in [1.165, 1.54) is 36.5 Å². The van der Waals surface area contributed by atoms with Crippen molar-refractivity contribution in [1.29, 1.82) is 0 Å². The van der Waals surface area contributed by atoms with Gasteiger partial charge in [0.1, 0.15) is 5.82 Å². The molecule has 2 rings (SSSR count). The second kappa shape index (κ2) is 9.79. The molecule has 5 N–H and O–H groups in total. The molecular weight excluding hydrogens is 411 g/mol. The van der Waals surface area contributed by atoms with Crippen molar-refractivity contribution in [3.63, 3.8) is 0 Å². The van der Waals surface area contributed by atoms with Crippen molar-refractivity contribution >= 4 is 17.4 Å². The van der Waals surface area contributed by atoms with Crippen molar-refractivity contribution in [1.82, 2.24) is 10.3 Å². The molecule has 0 radical (unpaired) electrons. The molecule has 0 unspecified atom stereocenters. The van der Waals surface area contributed by atoms with E-state index >= 15 is 0 Å². The lowest BCUT2D eigenvalue weighted by Crippen LogP contribution is -2.45. The number of allylic oxidation sites excluding steroid dienone is 2. The Bertz CT molecular complexity index is 1040. The van der Waals surface area contributed by atoms with Crippen LogP contribution in [0.3, 0.4) is 0 Å². The molecule has 0 bridgehead atoms. The molecule has 0 aliphatic heterocycles. The molecule has 0 fully saturated rings. The molecule has 10 heteroatoms. The number of nitrogens with one attached hydrogen (secondary N) is 1. The quantitative estimate of drug-likeness (QED) is 0.336. The number of carbonyl (C=O) groups excluding carboxylic acids is 1. The maximum atomic E-state index is 14.2. The number of carbonyl (C=O) groups is 1. The van der Waals surface area contributed by atoms with Crippen molar-refractivity contribution in [2.45, 2.75) is 26.0 Å². The van der Waals surface area contributed by atoms with E-state index in [-0.39, 0.29) is 28.5 Å². The van der Waals surface area contributed by atoms with Crippen molar-refractivity contribution in [3.8, 4) is 5.88 Å². The Hall–Kier alpha value is -3.82. The molecule has 1 amide bonds. The van der Waals surface area contributed by atoms with Crippen LogP contribution < -0.4 is 21.5 Å². The largest absolute Gasteiger partial charge is 0.417 e. The van der Waals surface area contributed by atoms with Crippen LogP contribution in [0.15, 0.2) is 60.2 Å². The molecule has 1 heterocycles. The third kappa shape index (κ3) is 6.33. The molecule has 7 nitrogen and oxygen atoms in total. The van der Waals surface area contributed by atoms with Crippen molar-refractivity contribution in [2.75, 3.05) is 0 Å². The maximum absolute atomic E-state index is 14.2. The first-order valence-electron chi connectivity index (χ1n) is 8.99. The molecule has 0 atom stereocenters.